The molecule has 0 atom stereocenters. The fourth-order valence-electron chi connectivity index (χ4n) is 0.593. The van der Waals surface area contributed by atoms with E-state index in [1.807, 2.05) is 0 Å². The summed E-state index contributed by atoms with van der Waals surface area (Å²) >= 11 is -0.333. The van der Waals surface area contributed by atoms with Gasteiger partial charge in [0.2, 0.25) is 29.1 Å². The summed E-state index contributed by atoms with van der Waals surface area (Å²) in [5, 5.41) is 8.30. The van der Waals surface area contributed by atoms with Gasteiger partial charge in [-0.2, -0.15) is 8.78 Å². The van der Waals surface area contributed by atoms with Gasteiger partial charge in [0.15, 0.2) is 5.75 Å². The number of aromatic hydroxyl groups is 1. The molecule has 0 amide bonds. The van der Waals surface area contributed by atoms with Crippen LogP contribution in [0.1, 0.15) is 0 Å². The number of benzene rings is 1. The van der Waals surface area contributed by atoms with Crippen molar-refractivity contribution >= 4 is 14.3 Å². The molecule has 1 radical (unpaired) electrons. The molecule has 91 valence electrons. The van der Waals surface area contributed by atoms with Gasteiger partial charge in [0.1, 0.15) is 0 Å². The summed E-state index contributed by atoms with van der Waals surface area (Å²) < 4.78 is 60.6. The minimum absolute atomic E-state index is 0.333. The first-order valence-corrected chi connectivity index (χ1v) is 10.5. The number of phenols is 1. The molecule has 0 fully saturated rings. The molecular weight excluding hydrogens is 292 g/mol. The second-order valence-electron chi connectivity index (χ2n) is 3.42. The van der Waals surface area contributed by atoms with Crippen LogP contribution in [-0.4, -0.2) is 19.5 Å². The third kappa shape index (κ3) is 3.66. The Labute approximate surface area is 94.0 Å². The van der Waals surface area contributed by atoms with Gasteiger partial charge in [-0.3, -0.25) is 0 Å². The standard InChI is InChI=1S/C6HF5O.C3H9Ge/c7-1-2(8)4(10)6(12)5(11)3(1)9;1-4(2)3/h12H;1-3H3. The summed E-state index contributed by atoms with van der Waals surface area (Å²) in [5.74, 6) is -5.94. The van der Waals surface area contributed by atoms with Crippen LogP contribution in [-0.2, 0) is 0 Å². The summed E-state index contributed by atoms with van der Waals surface area (Å²) in [4.78, 5) is 0. The molecule has 0 spiro atoms. The average molecular weight is 302 g/mol. The Morgan fingerprint density at radius 3 is 1.12 bits per heavy atom. The van der Waals surface area contributed by atoms with E-state index in [2.05, 4.69) is 17.3 Å². The topological polar surface area (TPSA) is 20.2 Å². The van der Waals surface area contributed by atoms with E-state index in [9.17, 15) is 22.0 Å². The number of halogens is 5. The normalized spacial score (nSPS) is 10.1. The van der Waals surface area contributed by atoms with Gasteiger partial charge in [0, 0.05) is 0 Å². The van der Waals surface area contributed by atoms with Gasteiger partial charge < -0.3 is 5.11 Å². The van der Waals surface area contributed by atoms with E-state index < -0.39 is 34.8 Å². The Balaban J connectivity index is 0.000000487. The monoisotopic (exact) mass is 303 g/mol. The van der Waals surface area contributed by atoms with E-state index in [4.69, 9.17) is 5.11 Å². The molecule has 0 bridgehead atoms. The number of rotatable bonds is 0. The second-order valence-corrected chi connectivity index (χ2v) is 9.71. The summed E-state index contributed by atoms with van der Waals surface area (Å²) in [6.45, 7) is 0. The number of hydrogen-bond acceptors (Lipinski definition) is 1. The van der Waals surface area contributed by atoms with Crippen LogP contribution in [0, 0.1) is 29.1 Å². The quantitative estimate of drug-likeness (QED) is 0.337. The molecule has 1 rings (SSSR count). The molecule has 0 aliphatic rings. The van der Waals surface area contributed by atoms with E-state index in [0.29, 0.717) is 0 Å². The molecule has 0 heterocycles. The van der Waals surface area contributed by atoms with Crippen LogP contribution in [0.2, 0.25) is 17.3 Å². The molecule has 1 aromatic rings. The first-order chi connectivity index (χ1) is 7.20. The van der Waals surface area contributed by atoms with Crippen LogP contribution in [0.4, 0.5) is 22.0 Å². The van der Waals surface area contributed by atoms with Crippen LogP contribution in [0.15, 0.2) is 0 Å². The molecule has 0 saturated carbocycles. The Morgan fingerprint density at radius 2 is 0.875 bits per heavy atom. The first-order valence-electron chi connectivity index (χ1n) is 4.17. The van der Waals surface area contributed by atoms with Crippen molar-refractivity contribution in [1.82, 2.24) is 0 Å². The van der Waals surface area contributed by atoms with Gasteiger partial charge in [-0.1, -0.05) is 0 Å². The van der Waals surface area contributed by atoms with E-state index in [0.717, 1.165) is 0 Å². The van der Waals surface area contributed by atoms with Crippen molar-refractivity contribution in [2.75, 3.05) is 0 Å². The van der Waals surface area contributed by atoms with E-state index in [1.165, 1.54) is 0 Å². The predicted molar refractivity (Wildman–Crippen MR) is 51.2 cm³/mol. The molecule has 16 heavy (non-hydrogen) atoms. The van der Waals surface area contributed by atoms with E-state index in [-0.39, 0.29) is 14.3 Å². The molecule has 0 aliphatic carbocycles. The maximum absolute atomic E-state index is 12.2. The van der Waals surface area contributed by atoms with Gasteiger partial charge in [-0.05, 0) is 0 Å². The molecule has 0 aromatic heterocycles. The number of phenolic OH excluding ortho intramolecular Hbond substituents is 1. The van der Waals surface area contributed by atoms with Gasteiger partial charge >= 0.3 is 31.6 Å². The van der Waals surface area contributed by atoms with Crippen LogP contribution in [0.3, 0.4) is 0 Å². The Morgan fingerprint density at radius 1 is 0.688 bits per heavy atom. The summed E-state index contributed by atoms with van der Waals surface area (Å²) in [5.41, 5.74) is 0. The minimum atomic E-state index is -2.29. The van der Waals surface area contributed by atoms with Gasteiger partial charge in [-0.15, -0.1) is 0 Å². The van der Waals surface area contributed by atoms with Crippen LogP contribution in [0.25, 0.3) is 0 Å². The molecule has 1 aromatic carbocycles. The fraction of sp³-hybridized carbons (Fsp3) is 0.333. The summed E-state index contributed by atoms with van der Waals surface area (Å²) in [7, 11) is 0. The summed E-state index contributed by atoms with van der Waals surface area (Å²) in [6.07, 6.45) is 0. The summed E-state index contributed by atoms with van der Waals surface area (Å²) in [6, 6.07) is 0. The van der Waals surface area contributed by atoms with Crippen molar-refractivity contribution in [3.8, 4) is 5.75 Å². The van der Waals surface area contributed by atoms with Crippen molar-refractivity contribution in [2.24, 2.45) is 0 Å². The zero-order chi connectivity index (χ0) is 13.0. The van der Waals surface area contributed by atoms with Crippen molar-refractivity contribution in [3.05, 3.63) is 29.1 Å². The molecule has 1 nitrogen and oxygen atoms in total. The third-order valence-corrected chi connectivity index (χ3v) is 1.19. The Hall–Kier alpha value is -0.787. The van der Waals surface area contributed by atoms with Crippen LogP contribution >= 0.6 is 0 Å². The van der Waals surface area contributed by atoms with Gasteiger partial charge in [0.05, 0.1) is 0 Å². The third-order valence-electron chi connectivity index (χ3n) is 1.19. The van der Waals surface area contributed by atoms with Gasteiger partial charge in [-0.25, -0.2) is 13.2 Å². The van der Waals surface area contributed by atoms with E-state index >= 15 is 0 Å². The van der Waals surface area contributed by atoms with Crippen LogP contribution in [0.5, 0.6) is 5.75 Å². The zero-order valence-electron chi connectivity index (χ0n) is 8.84. The van der Waals surface area contributed by atoms with Crippen molar-refractivity contribution in [3.63, 3.8) is 0 Å². The van der Waals surface area contributed by atoms with Crippen molar-refractivity contribution in [2.45, 2.75) is 17.3 Å². The SMILES string of the molecule is Oc1c(F)c(F)c(F)c(F)c1F.[CH3][Ge]([CH3])[CH3]. The van der Waals surface area contributed by atoms with Crippen molar-refractivity contribution in [1.29, 1.82) is 0 Å². The molecule has 0 saturated heterocycles. The maximum atomic E-state index is 12.2. The molecule has 1 N–H and O–H groups in total. The fourth-order valence-corrected chi connectivity index (χ4v) is 0.593. The Kier molecular flexibility index (Phi) is 5.77. The van der Waals surface area contributed by atoms with E-state index in [1.54, 1.807) is 0 Å². The predicted octanol–water partition coefficient (Wildman–Crippen LogP) is 3.46. The average Bonchev–Trinajstić information content (AvgIpc) is 2.20. The molecule has 0 aliphatic heterocycles. The Bertz CT molecular complexity index is 273. The number of hydrogen-bond donors (Lipinski definition) is 1. The van der Waals surface area contributed by atoms with Crippen molar-refractivity contribution < 1.29 is 27.1 Å². The molecule has 0 unspecified atom stereocenters. The van der Waals surface area contributed by atoms with Gasteiger partial charge in [0.25, 0.3) is 0 Å². The molecular formula is C9H10F5GeO. The second kappa shape index (κ2) is 6.07. The first kappa shape index (κ1) is 15.2. The van der Waals surface area contributed by atoms with Crippen LogP contribution < -0.4 is 0 Å². The zero-order valence-corrected chi connectivity index (χ0v) is 10.9. The molecule has 7 heteroatoms.